The molecule has 8 rings (SSSR count). The van der Waals surface area contributed by atoms with E-state index in [1.807, 2.05) is 48.5 Å². The van der Waals surface area contributed by atoms with Crippen molar-refractivity contribution in [1.82, 2.24) is 4.57 Å². The van der Waals surface area contributed by atoms with Gasteiger partial charge in [0.15, 0.2) is 0 Å². The van der Waals surface area contributed by atoms with Gasteiger partial charge < -0.3 is 13.4 Å². The summed E-state index contributed by atoms with van der Waals surface area (Å²) in [6.07, 6.45) is 0. The van der Waals surface area contributed by atoms with Gasteiger partial charge in [0.2, 0.25) is 10.9 Å². The number of hydrogen-bond donors (Lipinski definition) is 0. The first-order valence-electron chi connectivity index (χ1n) is 12.4. The van der Waals surface area contributed by atoms with E-state index >= 15 is 0 Å². The molecule has 0 radical (unpaired) electrons. The van der Waals surface area contributed by atoms with Crippen molar-refractivity contribution in [2.24, 2.45) is 0 Å². The maximum Gasteiger partial charge on any atom is 0.202 e. The van der Waals surface area contributed by atoms with Crippen LogP contribution in [0.2, 0.25) is 0 Å². The quantitative estimate of drug-likeness (QED) is 0.221. The Balaban J connectivity index is 1.51. The highest BCUT2D eigenvalue weighted by atomic mass is 16.3. The van der Waals surface area contributed by atoms with Crippen LogP contribution >= 0.6 is 0 Å². The second kappa shape index (κ2) is 7.67. The molecule has 0 spiro atoms. The Morgan fingerprint density at radius 3 is 1.72 bits per heavy atom. The Labute approximate surface area is 219 Å². The van der Waals surface area contributed by atoms with E-state index in [0.29, 0.717) is 27.6 Å². The largest absolute Gasteiger partial charge is 0.456 e. The number of rotatable bonds is 1. The predicted octanol–water partition coefficient (Wildman–Crippen LogP) is 7.17. The van der Waals surface area contributed by atoms with Crippen LogP contribution in [-0.2, 0) is 0 Å². The fourth-order valence-electron chi connectivity index (χ4n) is 5.73. The molecule has 0 fully saturated rings. The molecule has 0 N–H and O–H groups in total. The number of hydrogen-bond acceptors (Lipinski definition) is 5. The van der Waals surface area contributed by atoms with E-state index in [9.17, 15) is 14.9 Å². The van der Waals surface area contributed by atoms with Crippen LogP contribution in [0.25, 0.3) is 71.4 Å². The number of fused-ring (bicyclic) bond motifs is 7. The summed E-state index contributed by atoms with van der Waals surface area (Å²) in [4.78, 5) is 27.5. The van der Waals surface area contributed by atoms with Gasteiger partial charge in [-0.3, -0.25) is 9.59 Å². The zero-order chi connectivity index (χ0) is 26.2. The van der Waals surface area contributed by atoms with Crippen molar-refractivity contribution in [3.8, 4) is 11.8 Å². The highest BCUT2D eigenvalue weighted by molar-refractivity contribution is 6.11. The van der Waals surface area contributed by atoms with Crippen molar-refractivity contribution < 1.29 is 8.83 Å². The summed E-state index contributed by atoms with van der Waals surface area (Å²) in [6, 6.07) is 31.8. The zero-order valence-electron chi connectivity index (χ0n) is 20.3. The van der Waals surface area contributed by atoms with Crippen LogP contribution in [0, 0.1) is 11.3 Å². The second-order valence-corrected chi connectivity index (χ2v) is 9.52. The highest BCUT2D eigenvalue weighted by Crippen LogP contribution is 2.35. The lowest BCUT2D eigenvalue weighted by molar-refractivity contribution is 0.652. The molecule has 0 amide bonds. The lowest BCUT2D eigenvalue weighted by atomic mass is 10.0. The molecule has 182 valence electrons. The van der Waals surface area contributed by atoms with Gasteiger partial charge in [0.1, 0.15) is 28.4 Å². The molecular weight excluding hydrogens is 488 g/mol. The van der Waals surface area contributed by atoms with Gasteiger partial charge >= 0.3 is 0 Å². The van der Waals surface area contributed by atoms with Crippen molar-refractivity contribution in [2.75, 3.05) is 0 Å². The maximum absolute atomic E-state index is 14.1. The monoisotopic (exact) mass is 504 g/mol. The minimum atomic E-state index is -0.341. The Hall–Kier alpha value is -5.67. The standard InChI is InChI=1S/C33H16N2O4/c34-17-18-7-5-13-26-30(18)32(36)21-15-29-22(16-28(21)38-26)33(37)31-25(12-6-14-27(31)39-29)35-23-10-3-1-8-19(23)20-9-2-4-11-24(20)35/h1-16H. The Kier molecular flexibility index (Phi) is 4.21. The molecule has 0 atom stereocenters. The van der Waals surface area contributed by atoms with Gasteiger partial charge in [0.05, 0.1) is 43.8 Å². The van der Waals surface area contributed by atoms with E-state index in [2.05, 4.69) is 22.8 Å². The first-order valence-corrected chi connectivity index (χ1v) is 12.4. The van der Waals surface area contributed by atoms with Crippen molar-refractivity contribution >= 4 is 65.7 Å². The van der Waals surface area contributed by atoms with E-state index < -0.39 is 0 Å². The molecule has 6 heteroatoms. The molecule has 0 aliphatic rings. The van der Waals surface area contributed by atoms with E-state index in [4.69, 9.17) is 8.83 Å². The first kappa shape index (κ1) is 21.4. The SMILES string of the molecule is N#Cc1cccc2oc3cc4c(=O)c5c(-n6c7ccccc7c7ccccc76)cccc5oc4cc3c(=O)c12. The van der Waals surface area contributed by atoms with Crippen LogP contribution in [0.4, 0.5) is 0 Å². The second-order valence-electron chi connectivity index (χ2n) is 9.52. The van der Waals surface area contributed by atoms with Crippen LogP contribution in [-0.4, -0.2) is 4.57 Å². The number of para-hydroxylation sites is 2. The summed E-state index contributed by atoms with van der Waals surface area (Å²) >= 11 is 0. The van der Waals surface area contributed by atoms with Crippen molar-refractivity contribution in [2.45, 2.75) is 0 Å². The van der Waals surface area contributed by atoms with E-state index in [0.717, 1.165) is 21.8 Å². The average Bonchev–Trinajstić information content (AvgIpc) is 3.30. The van der Waals surface area contributed by atoms with Gasteiger partial charge in [-0.2, -0.15) is 5.26 Å². The molecule has 0 bridgehead atoms. The normalized spacial score (nSPS) is 11.8. The van der Waals surface area contributed by atoms with Gasteiger partial charge in [0, 0.05) is 10.8 Å². The number of nitrogens with zero attached hydrogens (tertiary/aromatic N) is 2. The fourth-order valence-corrected chi connectivity index (χ4v) is 5.73. The molecule has 5 aromatic carbocycles. The molecule has 3 heterocycles. The van der Waals surface area contributed by atoms with Gasteiger partial charge in [0.25, 0.3) is 0 Å². The molecule has 0 saturated heterocycles. The van der Waals surface area contributed by atoms with Crippen molar-refractivity contribution in [3.05, 3.63) is 123 Å². The zero-order valence-corrected chi connectivity index (χ0v) is 20.3. The third-order valence-electron chi connectivity index (χ3n) is 7.44. The predicted molar refractivity (Wildman–Crippen MR) is 153 cm³/mol. The fraction of sp³-hybridized carbons (Fsp3) is 0. The van der Waals surface area contributed by atoms with Crippen molar-refractivity contribution in [3.63, 3.8) is 0 Å². The summed E-state index contributed by atoms with van der Waals surface area (Å²) in [7, 11) is 0. The van der Waals surface area contributed by atoms with Crippen LogP contribution in [0.1, 0.15) is 5.56 Å². The van der Waals surface area contributed by atoms with Gasteiger partial charge in [-0.15, -0.1) is 0 Å². The van der Waals surface area contributed by atoms with Crippen LogP contribution in [0.3, 0.4) is 0 Å². The van der Waals surface area contributed by atoms with Crippen LogP contribution < -0.4 is 10.9 Å². The minimum absolute atomic E-state index is 0.212. The van der Waals surface area contributed by atoms with Crippen LogP contribution in [0.15, 0.2) is 115 Å². The third kappa shape index (κ3) is 2.84. The summed E-state index contributed by atoms with van der Waals surface area (Å²) in [5.74, 6) is 0. The van der Waals surface area contributed by atoms with Crippen LogP contribution in [0.5, 0.6) is 0 Å². The van der Waals surface area contributed by atoms with E-state index in [1.54, 1.807) is 30.3 Å². The molecule has 0 aliphatic carbocycles. The topological polar surface area (TPSA) is 89.1 Å². The Morgan fingerprint density at radius 1 is 0.564 bits per heavy atom. The molecule has 39 heavy (non-hydrogen) atoms. The van der Waals surface area contributed by atoms with E-state index in [-0.39, 0.29) is 38.4 Å². The number of aromatic nitrogens is 1. The number of nitriles is 1. The maximum atomic E-state index is 14.1. The van der Waals surface area contributed by atoms with Gasteiger partial charge in [-0.1, -0.05) is 48.5 Å². The highest BCUT2D eigenvalue weighted by Gasteiger charge is 2.19. The average molecular weight is 505 g/mol. The summed E-state index contributed by atoms with van der Waals surface area (Å²) in [5, 5.41) is 12.9. The van der Waals surface area contributed by atoms with Gasteiger partial charge in [-0.05, 0) is 48.5 Å². The molecule has 0 unspecified atom stereocenters. The lowest BCUT2D eigenvalue weighted by Gasteiger charge is -2.12. The van der Waals surface area contributed by atoms with E-state index in [1.165, 1.54) is 6.07 Å². The third-order valence-corrected chi connectivity index (χ3v) is 7.44. The Morgan fingerprint density at radius 2 is 1.10 bits per heavy atom. The molecule has 3 aromatic heterocycles. The summed E-state index contributed by atoms with van der Waals surface area (Å²) in [5.41, 5.74) is 3.59. The molecule has 8 aromatic rings. The summed E-state index contributed by atoms with van der Waals surface area (Å²) in [6.45, 7) is 0. The lowest BCUT2D eigenvalue weighted by Crippen LogP contribution is -2.09. The summed E-state index contributed by atoms with van der Waals surface area (Å²) < 4.78 is 14.4. The Bertz CT molecular complexity index is 2450. The minimum Gasteiger partial charge on any atom is -0.456 e. The number of benzene rings is 5. The van der Waals surface area contributed by atoms with Crippen molar-refractivity contribution in [1.29, 1.82) is 5.26 Å². The first-order chi connectivity index (χ1) is 19.1. The molecular formula is C33H16N2O4. The molecule has 0 aliphatic heterocycles. The molecule has 6 nitrogen and oxygen atoms in total. The smallest absolute Gasteiger partial charge is 0.202 e. The van der Waals surface area contributed by atoms with Gasteiger partial charge in [-0.25, -0.2) is 0 Å². The molecule has 0 saturated carbocycles.